The summed E-state index contributed by atoms with van der Waals surface area (Å²) in [4.78, 5) is 17.3. The number of benzene rings is 1. The molecule has 0 fully saturated rings. The van der Waals surface area contributed by atoms with Gasteiger partial charge in [0.15, 0.2) is 5.78 Å². The molecular formula is C20H13F3N2O. The Hall–Kier alpha value is -3.15. The summed E-state index contributed by atoms with van der Waals surface area (Å²) < 4.78 is 43.2. The summed E-state index contributed by atoms with van der Waals surface area (Å²) in [5.41, 5.74) is -0.0460. The van der Waals surface area contributed by atoms with Crippen molar-refractivity contribution in [2.75, 3.05) is 0 Å². The maximum absolute atomic E-state index is 14.0. The van der Waals surface area contributed by atoms with Gasteiger partial charge >= 0.3 is 6.18 Å². The van der Waals surface area contributed by atoms with E-state index < -0.39 is 17.5 Å². The van der Waals surface area contributed by atoms with E-state index in [1.54, 1.807) is 25.1 Å². The maximum Gasteiger partial charge on any atom is 0.419 e. The lowest BCUT2D eigenvalue weighted by molar-refractivity contribution is -0.136. The first-order chi connectivity index (χ1) is 12.4. The standard InChI is InChI=1S/C20H13F3N2O/c1-12-5-2-6-13(11-12)18(26)16-14-7-3-9-24-19(14)25-10-4-8-15(25)17(16)20(21,22)23/h2-11H,1H3. The van der Waals surface area contributed by atoms with Gasteiger partial charge in [-0.3, -0.25) is 4.79 Å². The van der Waals surface area contributed by atoms with Crippen molar-refractivity contribution < 1.29 is 18.0 Å². The van der Waals surface area contributed by atoms with Crippen LogP contribution in [-0.2, 0) is 6.18 Å². The fourth-order valence-corrected chi connectivity index (χ4v) is 3.27. The van der Waals surface area contributed by atoms with E-state index in [1.807, 2.05) is 0 Å². The van der Waals surface area contributed by atoms with Gasteiger partial charge in [-0.2, -0.15) is 13.2 Å². The summed E-state index contributed by atoms with van der Waals surface area (Å²) >= 11 is 0. The number of carbonyl (C=O) groups is 1. The highest BCUT2D eigenvalue weighted by Gasteiger charge is 2.39. The molecule has 0 bridgehead atoms. The van der Waals surface area contributed by atoms with E-state index >= 15 is 0 Å². The van der Waals surface area contributed by atoms with Crippen molar-refractivity contribution in [1.82, 2.24) is 9.38 Å². The first-order valence-electron chi connectivity index (χ1n) is 7.94. The zero-order valence-corrected chi connectivity index (χ0v) is 13.7. The number of aromatic nitrogens is 2. The van der Waals surface area contributed by atoms with Gasteiger partial charge < -0.3 is 4.40 Å². The maximum atomic E-state index is 14.0. The summed E-state index contributed by atoms with van der Waals surface area (Å²) in [6.45, 7) is 1.79. The van der Waals surface area contributed by atoms with E-state index in [0.717, 1.165) is 5.56 Å². The van der Waals surface area contributed by atoms with Gasteiger partial charge in [0.05, 0.1) is 11.1 Å². The van der Waals surface area contributed by atoms with E-state index in [2.05, 4.69) is 4.98 Å². The second-order valence-electron chi connectivity index (χ2n) is 6.08. The fraction of sp³-hybridized carbons (Fsp3) is 0.100. The van der Waals surface area contributed by atoms with Gasteiger partial charge in [-0.15, -0.1) is 0 Å². The third-order valence-corrected chi connectivity index (χ3v) is 4.33. The van der Waals surface area contributed by atoms with Crippen molar-refractivity contribution >= 4 is 22.3 Å². The summed E-state index contributed by atoms with van der Waals surface area (Å²) in [6.07, 6.45) is -1.67. The van der Waals surface area contributed by atoms with Gasteiger partial charge in [-0.1, -0.05) is 23.8 Å². The summed E-state index contributed by atoms with van der Waals surface area (Å²) in [5.74, 6) is -0.664. The molecule has 3 heterocycles. The molecule has 0 aliphatic rings. The van der Waals surface area contributed by atoms with Crippen molar-refractivity contribution in [1.29, 1.82) is 0 Å². The lowest BCUT2D eigenvalue weighted by Crippen LogP contribution is -2.17. The Morgan fingerprint density at radius 1 is 1.08 bits per heavy atom. The molecule has 3 nitrogen and oxygen atoms in total. The van der Waals surface area contributed by atoms with Crippen LogP contribution in [0.3, 0.4) is 0 Å². The van der Waals surface area contributed by atoms with Crippen LogP contribution in [0, 0.1) is 6.92 Å². The monoisotopic (exact) mass is 354 g/mol. The minimum Gasteiger partial charge on any atom is -0.301 e. The molecule has 0 amide bonds. The van der Waals surface area contributed by atoms with Gasteiger partial charge in [0.25, 0.3) is 0 Å². The predicted molar refractivity (Wildman–Crippen MR) is 92.3 cm³/mol. The molecule has 3 aromatic heterocycles. The number of alkyl halides is 3. The Balaban J connectivity index is 2.16. The highest BCUT2D eigenvalue weighted by molar-refractivity contribution is 6.18. The van der Waals surface area contributed by atoms with Crippen molar-refractivity contribution in [2.45, 2.75) is 13.1 Å². The SMILES string of the molecule is Cc1cccc(C(=O)c2c(C(F)(F)F)c3cccn3c3ncccc23)c1. The molecule has 0 aliphatic heterocycles. The zero-order valence-electron chi connectivity index (χ0n) is 13.7. The molecule has 0 radical (unpaired) electrons. The minimum atomic E-state index is -4.68. The molecule has 0 saturated heterocycles. The number of hydrogen-bond donors (Lipinski definition) is 0. The van der Waals surface area contributed by atoms with Crippen molar-refractivity contribution in [3.05, 3.63) is 83.2 Å². The van der Waals surface area contributed by atoms with E-state index in [0.29, 0.717) is 5.65 Å². The molecule has 0 atom stereocenters. The van der Waals surface area contributed by atoms with Gasteiger partial charge in [0.1, 0.15) is 5.65 Å². The number of nitrogens with zero attached hydrogens (tertiary/aromatic N) is 2. The van der Waals surface area contributed by atoms with E-state index in [-0.39, 0.29) is 22.0 Å². The second kappa shape index (κ2) is 5.69. The highest BCUT2D eigenvalue weighted by atomic mass is 19.4. The average Bonchev–Trinajstić information content (AvgIpc) is 3.08. The molecule has 6 heteroatoms. The largest absolute Gasteiger partial charge is 0.419 e. The molecule has 0 unspecified atom stereocenters. The number of pyridine rings is 2. The second-order valence-corrected chi connectivity index (χ2v) is 6.08. The average molecular weight is 354 g/mol. The highest BCUT2D eigenvalue weighted by Crippen LogP contribution is 2.39. The van der Waals surface area contributed by atoms with Crippen LogP contribution in [0.15, 0.2) is 60.9 Å². The van der Waals surface area contributed by atoms with E-state index in [1.165, 1.54) is 47.1 Å². The number of hydrogen-bond acceptors (Lipinski definition) is 2. The molecule has 0 spiro atoms. The van der Waals surface area contributed by atoms with Crippen molar-refractivity contribution in [2.24, 2.45) is 0 Å². The van der Waals surface area contributed by atoms with Crippen LogP contribution >= 0.6 is 0 Å². The van der Waals surface area contributed by atoms with Crippen LogP contribution in [0.4, 0.5) is 13.2 Å². The molecule has 1 aromatic carbocycles. The van der Waals surface area contributed by atoms with E-state index in [9.17, 15) is 18.0 Å². The first-order valence-corrected chi connectivity index (χ1v) is 7.94. The van der Waals surface area contributed by atoms with Crippen LogP contribution < -0.4 is 0 Å². The Kier molecular flexibility index (Phi) is 3.57. The van der Waals surface area contributed by atoms with Gasteiger partial charge in [-0.05, 0) is 37.3 Å². The molecule has 4 rings (SSSR count). The summed E-state index contributed by atoms with van der Waals surface area (Å²) in [5, 5.41) is 0.176. The van der Waals surface area contributed by atoms with Crippen LogP contribution in [-0.4, -0.2) is 15.2 Å². The first kappa shape index (κ1) is 16.3. The minimum absolute atomic E-state index is 0.0836. The predicted octanol–water partition coefficient (Wildman–Crippen LogP) is 5.05. The molecular weight excluding hydrogens is 341 g/mol. The molecule has 130 valence electrons. The van der Waals surface area contributed by atoms with Crippen LogP contribution in [0.2, 0.25) is 0 Å². The number of ketones is 1. The number of rotatable bonds is 2. The molecule has 0 saturated carbocycles. The lowest BCUT2D eigenvalue weighted by Gasteiger charge is -2.17. The van der Waals surface area contributed by atoms with Crippen LogP contribution in [0.1, 0.15) is 27.0 Å². The molecule has 0 aliphatic carbocycles. The Labute approximate surface area is 146 Å². The molecule has 4 aromatic rings. The van der Waals surface area contributed by atoms with Crippen LogP contribution in [0.5, 0.6) is 0 Å². The third kappa shape index (κ3) is 2.45. The van der Waals surface area contributed by atoms with Gasteiger partial charge in [-0.25, -0.2) is 4.98 Å². The number of fused-ring (bicyclic) bond motifs is 3. The Bertz CT molecular complexity index is 1160. The van der Waals surface area contributed by atoms with Gasteiger partial charge in [0.2, 0.25) is 0 Å². The zero-order chi connectivity index (χ0) is 18.5. The number of halogens is 3. The number of carbonyl (C=O) groups excluding carboxylic acids is 1. The number of aryl methyl sites for hydroxylation is 1. The Morgan fingerprint density at radius 2 is 1.88 bits per heavy atom. The fourth-order valence-electron chi connectivity index (χ4n) is 3.27. The quantitative estimate of drug-likeness (QED) is 0.472. The normalized spacial score (nSPS) is 12.0. The van der Waals surface area contributed by atoms with Crippen LogP contribution in [0.25, 0.3) is 16.6 Å². The Morgan fingerprint density at radius 3 is 2.62 bits per heavy atom. The lowest BCUT2D eigenvalue weighted by atomic mass is 9.94. The molecule has 26 heavy (non-hydrogen) atoms. The topological polar surface area (TPSA) is 34.4 Å². The van der Waals surface area contributed by atoms with Crippen molar-refractivity contribution in [3.63, 3.8) is 0 Å². The smallest absolute Gasteiger partial charge is 0.301 e. The third-order valence-electron chi connectivity index (χ3n) is 4.33. The van der Waals surface area contributed by atoms with Gasteiger partial charge in [0, 0.05) is 28.9 Å². The van der Waals surface area contributed by atoms with E-state index in [4.69, 9.17) is 0 Å². The summed E-state index contributed by atoms with van der Waals surface area (Å²) in [6, 6.07) is 12.5. The molecule has 0 N–H and O–H groups in total. The summed E-state index contributed by atoms with van der Waals surface area (Å²) in [7, 11) is 0. The van der Waals surface area contributed by atoms with Crippen molar-refractivity contribution in [3.8, 4) is 0 Å².